The van der Waals surface area contributed by atoms with Gasteiger partial charge in [-0.05, 0) is 83.0 Å². The molecular weight excluding hydrogens is 464 g/mol. The second-order valence-corrected chi connectivity index (χ2v) is 10.00. The van der Waals surface area contributed by atoms with Crippen LogP contribution in [0.25, 0.3) is 10.9 Å². The fraction of sp³-hybridized carbons (Fsp3) is 0.448. The molecule has 1 aliphatic carbocycles. The van der Waals surface area contributed by atoms with Crippen molar-refractivity contribution in [1.29, 1.82) is 0 Å². The zero-order chi connectivity index (χ0) is 25.8. The fourth-order valence-electron chi connectivity index (χ4n) is 5.53. The minimum Gasteiger partial charge on any atom is -0.497 e. The molecule has 4 aromatic rings. The minimum absolute atomic E-state index is 0.0326. The van der Waals surface area contributed by atoms with E-state index in [1.165, 1.54) is 18.4 Å². The summed E-state index contributed by atoms with van der Waals surface area (Å²) in [5.74, 6) is 1.71. The molecule has 1 aliphatic rings. The summed E-state index contributed by atoms with van der Waals surface area (Å²) in [7, 11) is 1.67. The third-order valence-electron chi connectivity index (χ3n) is 7.63. The quantitative estimate of drug-likeness (QED) is 0.316. The highest BCUT2D eigenvalue weighted by Gasteiger charge is 2.29. The number of hydrogen-bond acceptors (Lipinski definition) is 6. The van der Waals surface area contributed by atoms with Crippen molar-refractivity contribution in [2.75, 3.05) is 7.11 Å². The minimum atomic E-state index is -0.0540. The van der Waals surface area contributed by atoms with Crippen LogP contribution in [-0.2, 0) is 19.5 Å². The molecule has 0 bridgehead atoms. The van der Waals surface area contributed by atoms with Gasteiger partial charge in [-0.3, -0.25) is 9.69 Å². The summed E-state index contributed by atoms with van der Waals surface area (Å²) < 4.78 is 7.40. The number of fused-ring (bicyclic) bond motifs is 1. The number of aromatic amines is 1. The predicted molar refractivity (Wildman–Crippen MR) is 145 cm³/mol. The van der Waals surface area contributed by atoms with Gasteiger partial charge in [-0.1, -0.05) is 44.9 Å². The van der Waals surface area contributed by atoms with Crippen LogP contribution >= 0.6 is 0 Å². The molecule has 0 aliphatic heterocycles. The SMILES string of the molecule is CCc1ccc2[nH]c(=O)c(CN(Cc3ccc(OC)cc3)[C@H](CC)c3nnnn3C3CCCC3)cc2c1. The van der Waals surface area contributed by atoms with Crippen LogP contribution in [0.4, 0.5) is 0 Å². The Hall–Kier alpha value is -3.52. The molecule has 0 unspecified atom stereocenters. The van der Waals surface area contributed by atoms with Crippen LogP contribution in [0, 0.1) is 0 Å². The van der Waals surface area contributed by atoms with Crippen LogP contribution in [0.1, 0.15) is 80.6 Å². The predicted octanol–water partition coefficient (Wildman–Crippen LogP) is 5.35. The van der Waals surface area contributed by atoms with Crippen LogP contribution in [-0.4, -0.2) is 37.2 Å². The average molecular weight is 501 g/mol. The molecule has 1 atom stereocenters. The maximum atomic E-state index is 13.2. The van der Waals surface area contributed by atoms with E-state index in [9.17, 15) is 4.79 Å². The zero-order valence-electron chi connectivity index (χ0n) is 22.0. The average Bonchev–Trinajstić information content (AvgIpc) is 3.62. The van der Waals surface area contributed by atoms with Crippen molar-refractivity contribution in [3.05, 3.63) is 81.4 Å². The van der Waals surface area contributed by atoms with Gasteiger partial charge in [0.2, 0.25) is 0 Å². The Morgan fingerprint density at radius 3 is 2.51 bits per heavy atom. The molecule has 8 nitrogen and oxygen atoms in total. The van der Waals surface area contributed by atoms with Gasteiger partial charge in [-0.2, -0.15) is 0 Å². The molecule has 2 aromatic carbocycles. The summed E-state index contributed by atoms with van der Waals surface area (Å²) in [6.45, 7) is 5.46. The molecule has 1 N–H and O–H groups in total. The highest BCUT2D eigenvalue weighted by molar-refractivity contribution is 5.79. The monoisotopic (exact) mass is 500 g/mol. The second-order valence-electron chi connectivity index (χ2n) is 10.00. The first-order valence-electron chi connectivity index (χ1n) is 13.4. The zero-order valence-corrected chi connectivity index (χ0v) is 22.0. The molecule has 2 heterocycles. The van der Waals surface area contributed by atoms with Gasteiger partial charge in [0.15, 0.2) is 5.82 Å². The molecule has 0 spiro atoms. The lowest BCUT2D eigenvalue weighted by Crippen LogP contribution is -2.32. The van der Waals surface area contributed by atoms with Crippen LogP contribution in [0.3, 0.4) is 0 Å². The number of nitrogens with zero attached hydrogens (tertiary/aromatic N) is 5. The van der Waals surface area contributed by atoms with Gasteiger partial charge in [0.1, 0.15) is 5.75 Å². The van der Waals surface area contributed by atoms with Crippen molar-refractivity contribution in [2.45, 2.75) is 77.5 Å². The summed E-state index contributed by atoms with van der Waals surface area (Å²) in [5, 5.41) is 14.1. The van der Waals surface area contributed by atoms with Crippen LogP contribution in [0.2, 0.25) is 0 Å². The Labute approximate surface area is 217 Å². The largest absolute Gasteiger partial charge is 0.497 e. The second kappa shape index (κ2) is 11.3. The van der Waals surface area contributed by atoms with Gasteiger partial charge < -0.3 is 9.72 Å². The summed E-state index contributed by atoms with van der Waals surface area (Å²) in [5.41, 5.74) is 3.95. The Balaban J connectivity index is 1.53. The first-order chi connectivity index (χ1) is 18.1. The summed E-state index contributed by atoms with van der Waals surface area (Å²) >= 11 is 0. The van der Waals surface area contributed by atoms with Gasteiger partial charge in [-0.15, -0.1) is 5.10 Å². The molecular formula is C29H36N6O2. The summed E-state index contributed by atoms with van der Waals surface area (Å²) in [4.78, 5) is 18.6. The molecule has 2 aromatic heterocycles. The lowest BCUT2D eigenvalue weighted by molar-refractivity contribution is 0.158. The van der Waals surface area contributed by atoms with E-state index in [-0.39, 0.29) is 11.6 Å². The number of H-pyrrole nitrogens is 1. The van der Waals surface area contributed by atoms with E-state index in [2.05, 4.69) is 63.5 Å². The third-order valence-corrected chi connectivity index (χ3v) is 7.63. The van der Waals surface area contributed by atoms with Crippen molar-refractivity contribution in [1.82, 2.24) is 30.1 Å². The molecule has 194 valence electrons. The van der Waals surface area contributed by atoms with Crippen molar-refractivity contribution in [2.24, 2.45) is 0 Å². The number of pyridine rings is 1. The van der Waals surface area contributed by atoms with Gasteiger partial charge in [-0.25, -0.2) is 4.68 Å². The number of benzene rings is 2. The van der Waals surface area contributed by atoms with E-state index in [1.54, 1.807) is 7.11 Å². The topological polar surface area (TPSA) is 88.9 Å². The first kappa shape index (κ1) is 25.1. The van der Waals surface area contributed by atoms with Crippen molar-refractivity contribution >= 4 is 10.9 Å². The Morgan fingerprint density at radius 2 is 1.81 bits per heavy atom. The van der Waals surface area contributed by atoms with Crippen molar-refractivity contribution < 1.29 is 4.74 Å². The Kier molecular flexibility index (Phi) is 7.65. The number of ether oxygens (including phenoxy) is 1. The molecule has 0 saturated heterocycles. The van der Waals surface area contributed by atoms with E-state index in [1.807, 2.05) is 28.9 Å². The molecule has 5 rings (SSSR count). The Bertz CT molecular complexity index is 1390. The van der Waals surface area contributed by atoms with Crippen LogP contribution in [0.15, 0.2) is 53.3 Å². The number of tetrazole rings is 1. The lowest BCUT2D eigenvalue weighted by atomic mass is 10.1. The van der Waals surface area contributed by atoms with Gasteiger partial charge >= 0.3 is 0 Å². The van der Waals surface area contributed by atoms with Gasteiger partial charge in [0, 0.05) is 24.2 Å². The van der Waals surface area contributed by atoms with E-state index in [0.717, 1.165) is 59.3 Å². The number of rotatable bonds is 10. The third kappa shape index (κ3) is 5.44. The smallest absolute Gasteiger partial charge is 0.252 e. The molecule has 37 heavy (non-hydrogen) atoms. The summed E-state index contributed by atoms with van der Waals surface area (Å²) in [6.07, 6.45) is 6.42. The number of nitrogens with one attached hydrogen (secondary N) is 1. The maximum absolute atomic E-state index is 13.2. The molecule has 0 amide bonds. The molecule has 8 heteroatoms. The molecule has 0 radical (unpaired) electrons. The summed E-state index contributed by atoms with van der Waals surface area (Å²) in [6, 6.07) is 16.7. The van der Waals surface area contributed by atoms with Gasteiger partial charge in [0.25, 0.3) is 5.56 Å². The van der Waals surface area contributed by atoms with Crippen LogP contribution < -0.4 is 10.3 Å². The fourth-order valence-corrected chi connectivity index (χ4v) is 5.53. The normalized spacial score (nSPS) is 15.0. The Morgan fingerprint density at radius 1 is 1.05 bits per heavy atom. The highest BCUT2D eigenvalue weighted by atomic mass is 16.5. The maximum Gasteiger partial charge on any atom is 0.252 e. The van der Waals surface area contributed by atoms with Crippen LogP contribution in [0.5, 0.6) is 5.75 Å². The number of aryl methyl sites for hydroxylation is 1. The van der Waals surface area contributed by atoms with Gasteiger partial charge in [0.05, 0.1) is 19.2 Å². The van der Waals surface area contributed by atoms with Crippen molar-refractivity contribution in [3.8, 4) is 5.75 Å². The van der Waals surface area contributed by atoms with E-state index in [0.29, 0.717) is 19.1 Å². The van der Waals surface area contributed by atoms with E-state index >= 15 is 0 Å². The number of methoxy groups -OCH3 is 1. The molecule has 1 fully saturated rings. The lowest BCUT2D eigenvalue weighted by Gasteiger charge is -2.31. The first-order valence-corrected chi connectivity index (χ1v) is 13.4. The standard InChI is InChI=1S/C29H36N6O2/c1-4-20-12-15-26-22(16-20)17-23(29(36)30-26)19-34(18-21-10-13-25(37-3)14-11-21)27(5-2)28-31-32-33-35(28)24-8-6-7-9-24/h10-17,24,27H,4-9,18-19H2,1-3H3,(H,30,36)/t27-/m1/s1. The highest BCUT2D eigenvalue weighted by Crippen LogP contribution is 2.33. The number of hydrogen-bond donors (Lipinski definition) is 1. The molecule has 1 saturated carbocycles. The number of aromatic nitrogens is 5. The van der Waals surface area contributed by atoms with E-state index < -0.39 is 0 Å². The van der Waals surface area contributed by atoms with Crippen molar-refractivity contribution in [3.63, 3.8) is 0 Å². The van der Waals surface area contributed by atoms with E-state index in [4.69, 9.17) is 4.74 Å².